The van der Waals surface area contributed by atoms with E-state index in [1.54, 1.807) is 19.2 Å². The minimum Gasteiger partial charge on any atom is -0.504 e. The van der Waals surface area contributed by atoms with Gasteiger partial charge in [0.1, 0.15) is 0 Å². The minimum atomic E-state index is 0.163. The van der Waals surface area contributed by atoms with Crippen molar-refractivity contribution in [3.05, 3.63) is 60.2 Å². The Morgan fingerprint density at radius 3 is 2.40 bits per heavy atom. The molecule has 0 aliphatic heterocycles. The third-order valence-electron chi connectivity index (χ3n) is 2.95. The molecule has 3 heteroatoms. The number of aromatic hydroxyl groups is 1. The second-order valence-corrected chi connectivity index (χ2v) is 4.29. The van der Waals surface area contributed by atoms with Crippen molar-refractivity contribution >= 4 is 0 Å². The van der Waals surface area contributed by atoms with E-state index in [9.17, 15) is 5.11 Å². The molecule has 0 saturated carbocycles. The van der Waals surface area contributed by atoms with Crippen LogP contribution in [0.5, 0.6) is 23.0 Å². The molecule has 0 radical (unpaired) electrons. The number of methoxy groups -OCH3 is 1. The van der Waals surface area contributed by atoms with Crippen LogP contribution < -0.4 is 9.47 Å². The lowest BCUT2D eigenvalue weighted by atomic mass is 10.1. The Balaban J connectivity index is 2.29. The standard InChI is InChI=1S/C17H18O3/c1-3-4-8-13-9-7-12-16(17(13)18)20-15-11-6-5-10-14(15)19-2/h3-7,9-12,18H,8H2,1-2H3/b4-3+. The van der Waals surface area contributed by atoms with Crippen LogP contribution in [0.4, 0.5) is 0 Å². The normalized spacial score (nSPS) is 10.7. The first kappa shape index (κ1) is 14.0. The zero-order chi connectivity index (χ0) is 14.4. The summed E-state index contributed by atoms with van der Waals surface area (Å²) in [6.07, 6.45) is 4.61. The molecule has 20 heavy (non-hydrogen) atoms. The summed E-state index contributed by atoms with van der Waals surface area (Å²) in [7, 11) is 1.59. The lowest BCUT2D eigenvalue weighted by molar-refractivity contribution is 0.365. The molecule has 0 unspecified atom stereocenters. The zero-order valence-corrected chi connectivity index (χ0v) is 11.7. The van der Waals surface area contributed by atoms with Crippen LogP contribution in [0.2, 0.25) is 0 Å². The molecule has 0 atom stereocenters. The van der Waals surface area contributed by atoms with E-state index in [-0.39, 0.29) is 5.75 Å². The van der Waals surface area contributed by atoms with Crippen molar-refractivity contribution in [1.82, 2.24) is 0 Å². The van der Waals surface area contributed by atoms with Crippen molar-refractivity contribution in [3.63, 3.8) is 0 Å². The van der Waals surface area contributed by atoms with Crippen LogP contribution >= 0.6 is 0 Å². The van der Waals surface area contributed by atoms with Crippen molar-refractivity contribution in [2.45, 2.75) is 13.3 Å². The number of benzene rings is 2. The molecule has 2 aromatic carbocycles. The number of ether oxygens (including phenoxy) is 2. The SMILES string of the molecule is C/C=C/Cc1cccc(Oc2ccccc2OC)c1O. The summed E-state index contributed by atoms with van der Waals surface area (Å²) in [6, 6.07) is 12.8. The Bertz CT molecular complexity index is 603. The van der Waals surface area contributed by atoms with E-state index in [0.29, 0.717) is 23.7 Å². The third kappa shape index (κ3) is 3.12. The Hall–Kier alpha value is -2.42. The van der Waals surface area contributed by atoms with Crippen molar-refractivity contribution in [2.24, 2.45) is 0 Å². The summed E-state index contributed by atoms with van der Waals surface area (Å²) < 4.78 is 11.0. The molecule has 3 nitrogen and oxygen atoms in total. The predicted molar refractivity (Wildman–Crippen MR) is 79.7 cm³/mol. The minimum absolute atomic E-state index is 0.163. The molecule has 0 amide bonds. The van der Waals surface area contributed by atoms with Crippen LogP contribution in [-0.4, -0.2) is 12.2 Å². The second kappa shape index (κ2) is 6.66. The highest BCUT2D eigenvalue weighted by Crippen LogP contribution is 2.37. The van der Waals surface area contributed by atoms with Gasteiger partial charge in [0.15, 0.2) is 23.0 Å². The molecule has 2 rings (SSSR count). The first-order valence-corrected chi connectivity index (χ1v) is 6.49. The molecule has 2 aromatic rings. The fraction of sp³-hybridized carbons (Fsp3) is 0.176. The molecule has 0 spiro atoms. The highest BCUT2D eigenvalue weighted by molar-refractivity contribution is 5.50. The molecule has 0 aliphatic carbocycles. The highest BCUT2D eigenvalue weighted by Gasteiger charge is 2.10. The van der Waals surface area contributed by atoms with E-state index in [4.69, 9.17) is 9.47 Å². The van der Waals surface area contributed by atoms with Gasteiger partial charge < -0.3 is 14.6 Å². The van der Waals surface area contributed by atoms with Gasteiger partial charge in [0.25, 0.3) is 0 Å². The van der Waals surface area contributed by atoms with Gasteiger partial charge >= 0.3 is 0 Å². The molecule has 0 fully saturated rings. The lowest BCUT2D eigenvalue weighted by Gasteiger charge is -2.12. The number of phenolic OH excluding ortho intramolecular Hbond substituents is 1. The van der Waals surface area contributed by atoms with Gasteiger partial charge in [0, 0.05) is 5.56 Å². The smallest absolute Gasteiger partial charge is 0.169 e. The van der Waals surface area contributed by atoms with E-state index in [2.05, 4.69) is 0 Å². The lowest BCUT2D eigenvalue weighted by Crippen LogP contribution is -1.92. The van der Waals surface area contributed by atoms with Gasteiger partial charge in [0.05, 0.1) is 7.11 Å². The van der Waals surface area contributed by atoms with Gasteiger partial charge in [-0.1, -0.05) is 36.4 Å². The number of allylic oxidation sites excluding steroid dienone is 2. The Kier molecular flexibility index (Phi) is 4.66. The van der Waals surface area contributed by atoms with Gasteiger partial charge in [-0.2, -0.15) is 0 Å². The summed E-state index contributed by atoms with van der Waals surface area (Å²) in [4.78, 5) is 0. The maximum Gasteiger partial charge on any atom is 0.169 e. The van der Waals surface area contributed by atoms with Gasteiger partial charge in [-0.15, -0.1) is 0 Å². The largest absolute Gasteiger partial charge is 0.504 e. The fourth-order valence-electron chi connectivity index (χ4n) is 1.88. The number of rotatable bonds is 5. The maximum atomic E-state index is 10.2. The number of hydrogen-bond acceptors (Lipinski definition) is 3. The maximum absolute atomic E-state index is 10.2. The van der Waals surface area contributed by atoms with Gasteiger partial charge in [-0.05, 0) is 31.5 Å². The fourth-order valence-corrected chi connectivity index (χ4v) is 1.88. The number of phenols is 1. The average Bonchev–Trinajstić information content (AvgIpc) is 2.48. The monoisotopic (exact) mass is 270 g/mol. The second-order valence-electron chi connectivity index (χ2n) is 4.29. The Morgan fingerprint density at radius 1 is 1.00 bits per heavy atom. The molecule has 104 valence electrons. The zero-order valence-electron chi connectivity index (χ0n) is 11.7. The van der Waals surface area contributed by atoms with Crippen molar-refractivity contribution in [1.29, 1.82) is 0 Å². The predicted octanol–water partition coefficient (Wildman–Crippen LogP) is 4.31. The first-order chi connectivity index (χ1) is 9.76. The van der Waals surface area contributed by atoms with Crippen molar-refractivity contribution in [2.75, 3.05) is 7.11 Å². The quantitative estimate of drug-likeness (QED) is 0.823. The van der Waals surface area contributed by atoms with Gasteiger partial charge in [-0.3, -0.25) is 0 Å². The van der Waals surface area contributed by atoms with Crippen LogP contribution in [-0.2, 0) is 6.42 Å². The van der Waals surface area contributed by atoms with Crippen LogP contribution in [0.1, 0.15) is 12.5 Å². The first-order valence-electron chi connectivity index (χ1n) is 6.49. The molecule has 0 aromatic heterocycles. The van der Waals surface area contributed by atoms with E-state index in [1.165, 1.54) is 0 Å². The Morgan fingerprint density at radius 2 is 1.70 bits per heavy atom. The number of hydrogen-bond donors (Lipinski definition) is 1. The molecule has 0 aliphatic rings. The van der Waals surface area contributed by atoms with Crippen molar-refractivity contribution < 1.29 is 14.6 Å². The van der Waals surface area contributed by atoms with Crippen LogP contribution in [0, 0.1) is 0 Å². The van der Waals surface area contributed by atoms with E-state index < -0.39 is 0 Å². The summed E-state index contributed by atoms with van der Waals surface area (Å²) in [6.45, 7) is 1.95. The third-order valence-corrected chi connectivity index (χ3v) is 2.95. The van der Waals surface area contributed by atoms with E-state index in [1.807, 2.05) is 49.4 Å². The Labute approximate surface area is 119 Å². The van der Waals surface area contributed by atoms with Crippen molar-refractivity contribution in [3.8, 4) is 23.0 Å². The summed E-state index contributed by atoms with van der Waals surface area (Å²) in [5.41, 5.74) is 0.829. The molecular formula is C17H18O3. The van der Waals surface area contributed by atoms with Crippen LogP contribution in [0.3, 0.4) is 0 Å². The molecule has 0 bridgehead atoms. The summed E-state index contributed by atoms with van der Waals surface area (Å²) in [5, 5.41) is 10.2. The van der Waals surface area contributed by atoms with Crippen LogP contribution in [0.25, 0.3) is 0 Å². The topological polar surface area (TPSA) is 38.7 Å². The molecular weight excluding hydrogens is 252 g/mol. The molecule has 0 saturated heterocycles. The number of para-hydroxylation sites is 3. The van der Waals surface area contributed by atoms with Crippen LogP contribution in [0.15, 0.2) is 54.6 Å². The summed E-state index contributed by atoms with van der Waals surface area (Å²) in [5.74, 6) is 1.80. The van der Waals surface area contributed by atoms with Gasteiger partial charge in [-0.25, -0.2) is 0 Å². The van der Waals surface area contributed by atoms with Gasteiger partial charge in [0.2, 0.25) is 0 Å². The molecule has 0 heterocycles. The average molecular weight is 270 g/mol. The van der Waals surface area contributed by atoms with E-state index >= 15 is 0 Å². The molecule has 1 N–H and O–H groups in total. The summed E-state index contributed by atoms with van der Waals surface area (Å²) >= 11 is 0. The highest BCUT2D eigenvalue weighted by atomic mass is 16.5. The van der Waals surface area contributed by atoms with E-state index in [0.717, 1.165) is 5.56 Å².